The van der Waals surface area contributed by atoms with Crippen LogP contribution in [0.1, 0.15) is 11.1 Å². The second-order valence-electron chi connectivity index (χ2n) is 4.15. The highest BCUT2D eigenvalue weighted by molar-refractivity contribution is 8.00. The summed E-state index contributed by atoms with van der Waals surface area (Å²) >= 11 is 1.15. The van der Waals surface area contributed by atoms with Crippen molar-refractivity contribution in [3.05, 3.63) is 58.9 Å². The molecule has 0 heterocycles. The van der Waals surface area contributed by atoms with Crippen LogP contribution in [-0.2, 0) is 0 Å². The number of hydrogen-bond donors (Lipinski definition) is 1. The molecule has 0 saturated carbocycles. The van der Waals surface area contributed by atoms with E-state index in [4.69, 9.17) is 0 Å². The molecule has 0 amide bonds. The van der Waals surface area contributed by atoms with Gasteiger partial charge in [-0.05, 0) is 61.7 Å². The fraction of sp³-hybridized carbons (Fsp3) is 0.143. The van der Waals surface area contributed by atoms with Gasteiger partial charge in [-0.1, -0.05) is 0 Å². The lowest BCUT2D eigenvalue weighted by Crippen LogP contribution is -1.96. The Kier molecular flexibility index (Phi) is 4.04. The second-order valence-corrected chi connectivity index (χ2v) is 5.03. The summed E-state index contributed by atoms with van der Waals surface area (Å²) in [6, 6.07) is 7.14. The van der Waals surface area contributed by atoms with Gasteiger partial charge in [-0.3, -0.25) is 0 Å². The summed E-state index contributed by atoms with van der Waals surface area (Å²) < 4.78 is 42.7. The highest BCUT2D eigenvalue weighted by atomic mass is 32.2. The number of rotatable bonds is 3. The second kappa shape index (κ2) is 5.57. The first kappa shape index (κ1) is 13.8. The Labute approximate surface area is 114 Å². The molecule has 0 aromatic heterocycles. The monoisotopic (exact) mass is 283 g/mol. The Morgan fingerprint density at radius 1 is 0.947 bits per heavy atom. The maximum atomic E-state index is 13.7. The van der Waals surface area contributed by atoms with Crippen LogP contribution in [0.5, 0.6) is 0 Å². The summed E-state index contributed by atoms with van der Waals surface area (Å²) in [7, 11) is 0. The van der Waals surface area contributed by atoms with E-state index in [-0.39, 0.29) is 17.1 Å². The topological polar surface area (TPSA) is 12.0 Å². The van der Waals surface area contributed by atoms with Crippen LogP contribution in [0.15, 0.2) is 35.2 Å². The Bertz CT molecular complexity index is 614. The van der Waals surface area contributed by atoms with Crippen LogP contribution in [0.25, 0.3) is 0 Å². The van der Waals surface area contributed by atoms with Crippen LogP contribution in [0, 0.1) is 31.3 Å². The largest absolute Gasteiger partial charge is 0.323 e. The molecule has 1 N–H and O–H groups in total. The SMILES string of the molecule is Cc1cc(SNc2ccc(F)c(C)c2F)ccc1F. The molecule has 0 bridgehead atoms. The van der Waals surface area contributed by atoms with Crippen LogP contribution >= 0.6 is 11.9 Å². The fourth-order valence-electron chi connectivity index (χ4n) is 1.53. The maximum absolute atomic E-state index is 13.7. The third kappa shape index (κ3) is 3.04. The number of nitrogens with one attached hydrogen (secondary N) is 1. The van der Waals surface area contributed by atoms with E-state index < -0.39 is 11.6 Å². The summed E-state index contributed by atoms with van der Waals surface area (Å²) in [6.07, 6.45) is 0. The number of anilines is 1. The van der Waals surface area contributed by atoms with Crippen molar-refractivity contribution in [3.63, 3.8) is 0 Å². The highest BCUT2D eigenvalue weighted by Gasteiger charge is 2.10. The van der Waals surface area contributed by atoms with Crippen LogP contribution in [0.2, 0.25) is 0 Å². The Balaban J connectivity index is 2.14. The smallest absolute Gasteiger partial charge is 0.152 e. The Morgan fingerprint density at radius 2 is 1.63 bits per heavy atom. The highest BCUT2D eigenvalue weighted by Crippen LogP contribution is 2.26. The van der Waals surface area contributed by atoms with Gasteiger partial charge in [0.2, 0.25) is 0 Å². The zero-order valence-corrected chi connectivity index (χ0v) is 11.2. The number of hydrogen-bond acceptors (Lipinski definition) is 2. The molecule has 0 saturated heterocycles. The lowest BCUT2D eigenvalue weighted by Gasteiger charge is -2.09. The Hall–Kier alpha value is -1.62. The third-order valence-electron chi connectivity index (χ3n) is 2.73. The normalized spacial score (nSPS) is 10.6. The number of aryl methyl sites for hydroxylation is 1. The van der Waals surface area contributed by atoms with Gasteiger partial charge in [0.1, 0.15) is 11.6 Å². The predicted molar refractivity (Wildman–Crippen MR) is 71.7 cm³/mol. The zero-order valence-electron chi connectivity index (χ0n) is 10.4. The van der Waals surface area contributed by atoms with Crippen molar-refractivity contribution in [1.29, 1.82) is 0 Å². The molecule has 0 unspecified atom stereocenters. The van der Waals surface area contributed by atoms with E-state index in [0.29, 0.717) is 5.56 Å². The molecular formula is C14H12F3NS. The summed E-state index contributed by atoms with van der Waals surface area (Å²) in [5, 5.41) is 0. The van der Waals surface area contributed by atoms with Gasteiger partial charge in [0.15, 0.2) is 5.82 Å². The van der Waals surface area contributed by atoms with E-state index in [1.165, 1.54) is 25.1 Å². The van der Waals surface area contributed by atoms with E-state index in [2.05, 4.69) is 4.72 Å². The molecule has 0 spiro atoms. The van der Waals surface area contributed by atoms with Crippen LogP contribution in [-0.4, -0.2) is 0 Å². The molecule has 2 rings (SSSR count). The summed E-state index contributed by atoms with van der Waals surface area (Å²) in [6.45, 7) is 3.03. The van der Waals surface area contributed by atoms with Crippen molar-refractivity contribution < 1.29 is 13.2 Å². The molecule has 5 heteroatoms. The first-order valence-electron chi connectivity index (χ1n) is 5.62. The molecule has 0 aliphatic rings. The minimum absolute atomic E-state index is 0.0270. The molecule has 0 fully saturated rings. The van der Waals surface area contributed by atoms with Gasteiger partial charge in [0.25, 0.3) is 0 Å². The van der Waals surface area contributed by atoms with E-state index in [9.17, 15) is 13.2 Å². The van der Waals surface area contributed by atoms with E-state index in [1.54, 1.807) is 19.1 Å². The number of benzene rings is 2. The molecule has 2 aromatic carbocycles. The molecule has 1 nitrogen and oxygen atoms in total. The quantitative estimate of drug-likeness (QED) is 0.809. The van der Waals surface area contributed by atoms with Crippen LogP contribution < -0.4 is 4.72 Å². The van der Waals surface area contributed by atoms with Gasteiger partial charge in [-0.2, -0.15) is 0 Å². The molecule has 0 radical (unpaired) electrons. The first-order chi connectivity index (χ1) is 8.99. The molecular weight excluding hydrogens is 271 g/mol. The van der Waals surface area contributed by atoms with Crippen molar-refractivity contribution in [3.8, 4) is 0 Å². The van der Waals surface area contributed by atoms with Crippen LogP contribution in [0.3, 0.4) is 0 Å². The van der Waals surface area contributed by atoms with E-state index in [1.807, 2.05) is 0 Å². The molecule has 0 aliphatic carbocycles. The van der Waals surface area contributed by atoms with Gasteiger partial charge >= 0.3 is 0 Å². The fourth-order valence-corrected chi connectivity index (χ4v) is 2.29. The van der Waals surface area contributed by atoms with Crippen molar-refractivity contribution in [2.75, 3.05) is 4.72 Å². The lowest BCUT2D eigenvalue weighted by molar-refractivity contribution is 0.571. The van der Waals surface area contributed by atoms with Gasteiger partial charge in [0, 0.05) is 10.5 Å². The van der Waals surface area contributed by atoms with E-state index in [0.717, 1.165) is 16.8 Å². The predicted octanol–water partition coefficient (Wildman–Crippen LogP) is 4.84. The molecule has 0 atom stereocenters. The van der Waals surface area contributed by atoms with Gasteiger partial charge in [0.05, 0.1) is 5.69 Å². The van der Waals surface area contributed by atoms with E-state index >= 15 is 0 Å². The summed E-state index contributed by atoms with van der Waals surface area (Å²) in [5.74, 6) is -1.48. The Morgan fingerprint density at radius 3 is 2.32 bits per heavy atom. The molecule has 19 heavy (non-hydrogen) atoms. The number of halogens is 3. The zero-order chi connectivity index (χ0) is 14.0. The van der Waals surface area contributed by atoms with Gasteiger partial charge in [-0.25, -0.2) is 13.2 Å². The maximum Gasteiger partial charge on any atom is 0.152 e. The average molecular weight is 283 g/mol. The third-order valence-corrected chi connectivity index (χ3v) is 3.54. The van der Waals surface area contributed by atoms with Gasteiger partial charge in [-0.15, -0.1) is 0 Å². The summed E-state index contributed by atoms with van der Waals surface area (Å²) in [5.41, 5.74) is 0.689. The van der Waals surface area contributed by atoms with Crippen LogP contribution in [0.4, 0.5) is 18.9 Å². The lowest BCUT2D eigenvalue weighted by atomic mass is 10.2. The average Bonchev–Trinajstić information content (AvgIpc) is 2.39. The van der Waals surface area contributed by atoms with Crippen molar-refractivity contribution >= 4 is 17.6 Å². The molecule has 0 aliphatic heterocycles. The standard InChI is InChI=1S/C14H12F3NS/c1-8-7-10(3-4-11(8)15)19-18-13-6-5-12(16)9(2)14(13)17/h3-7,18H,1-2H3. The van der Waals surface area contributed by atoms with Gasteiger partial charge < -0.3 is 4.72 Å². The first-order valence-corrected chi connectivity index (χ1v) is 6.44. The van der Waals surface area contributed by atoms with Crippen molar-refractivity contribution in [2.45, 2.75) is 18.7 Å². The minimum Gasteiger partial charge on any atom is -0.323 e. The summed E-state index contributed by atoms with van der Waals surface area (Å²) in [4.78, 5) is 0.750. The van der Waals surface area contributed by atoms with Crippen molar-refractivity contribution in [1.82, 2.24) is 0 Å². The molecule has 100 valence electrons. The minimum atomic E-state index is -0.619. The molecule has 2 aromatic rings. The van der Waals surface area contributed by atoms with Crippen molar-refractivity contribution in [2.24, 2.45) is 0 Å².